The molecule has 1 aliphatic carbocycles. The van der Waals surface area contributed by atoms with Crippen molar-refractivity contribution in [1.29, 1.82) is 0 Å². The van der Waals surface area contributed by atoms with Gasteiger partial charge in [0.05, 0.1) is 5.69 Å². The van der Waals surface area contributed by atoms with Crippen LogP contribution in [-0.2, 0) is 6.42 Å². The van der Waals surface area contributed by atoms with Gasteiger partial charge in [-0.1, -0.05) is 0 Å². The Hall–Kier alpha value is -0.830. The van der Waals surface area contributed by atoms with Crippen LogP contribution in [-0.4, -0.2) is 15.7 Å². The van der Waals surface area contributed by atoms with Crippen LogP contribution < -0.4 is 5.73 Å². The fraction of sp³-hybridized carbons (Fsp3) is 0.667. The van der Waals surface area contributed by atoms with Gasteiger partial charge in [0, 0.05) is 11.2 Å². The fourth-order valence-electron chi connectivity index (χ4n) is 1.52. The minimum Gasteiger partial charge on any atom is -0.325 e. The van der Waals surface area contributed by atoms with Gasteiger partial charge >= 0.3 is 0 Å². The lowest BCUT2D eigenvalue weighted by atomic mass is 10.0. The van der Waals surface area contributed by atoms with E-state index in [1.165, 1.54) is 11.3 Å². The van der Waals surface area contributed by atoms with Crippen molar-refractivity contribution in [2.45, 2.75) is 38.6 Å². The molecule has 1 aromatic rings. The second-order valence-electron chi connectivity index (χ2n) is 3.95. The predicted molar refractivity (Wildman–Crippen MR) is 47.9 cm³/mol. The van der Waals surface area contributed by atoms with E-state index in [0.717, 1.165) is 25.0 Å². The summed E-state index contributed by atoms with van der Waals surface area (Å²) in [4.78, 5) is 0. The van der Waals surface area contributed by atoms with Crippen LogP contribution in [0.15, 0.2) is 0 Å². The van der Waals surface area contributed by atoms with E-state index in [1.54, 1.807) is 0 Å². The molecule has 1 aromatic heterocycles. The first-order valence-corrected chi connectivity index (χ1v) is 4.40. The summed E-state index contributed by atoms with van der Waals surface area (Å²) < 4.78 is 0. The highest BCUT2D eigenvalue weighted by Crippen LogP contribution is 2.36. The molecule has 0 aliphatic heterocycles. The van der Waals surface area contributed by atoms with E-state index in [1.807, 2.05) is 6.92 Å². The van der Waals surface area contributed by atoms with Gasteiger partial charge < -0.3 is 5.73 Å². The van der Waals surface area contributed by atoms with Crippen molar-refractivity contribution in [3.8, 4) is 0 Å². The smallest absolute Gasteiger partial charge is 0.0626 e. The highest BCUT2D eigenvalue weighted by molar-refractivity contribution is 5.27. The van der Waals surface area contributed by atoms with Gasteiger partial charge in [0.2, 0.25) is 0 Å². The molecule has 1 saturated carbocycles. The highest BCUT2D eigenvalue weighted by Gasteiger charge is 2.39. The average Bonchev–Trinajstić information content (AvgIpc) is 2.67. The van der Waals surface area contributed by atoms with Gasteiger partial charge in [-0.3, -0.25) is 5.10 Å². The number of aromatic amines is 1. The topological polar surface area (TPSA) is 54.7 Å². The number of aryl methyl sites for hydroxylation is 2. The van der Waals surface area contributed by atoms with Gasteiger partial charge in [-0.05, 0) is 38.7 Å². The summed E-state index contributed by atoms with van der Waals surface area (Å²) in [7, 11) is 0. The molecule has 1 aliphatic rings. The molecule has 0 unspecified atom stereocenters. The van der Waals surface area contributed by atoms with Crippen LogP contribution >= 0.6 is 0 Å². The molecule has 12 heavy (non-hydrogen) atoms. The zero-order chi connectivity index (χ0) is 8.77. The lowest BCUT2D eigenvalue weighted by molar-refractivity contribution is 0.667. The van der Waals surface area contributed by atoms with E-state index in [4.69, 9.17) is 5.73 Å². The molecule has 1 fully saturated rings. The van der Waals surface area contributed by atoms with E-state index >= 15 is 0 Å². The van der Waals surface area contributed by atoms with Crippen LogP contribution in [0.5, 0.6) is 0 Å². The SMILES string of the molecule is Cc1n[nH]c(C)c1CC1(N)CC1. The minimum absolute atomic E-state index is 0.0966. The first-order valence-electron chi connectivity index (χ1n) is 4.40. The maximum absolute atomic E-state index is 6.03. The van der Waals surface area contributed by atoms with Crippen molar-refractivity contribution in [3.63, 3.8) is 0 Å². The van der Waals surface area contributed by atoms with Crippen LogP contribution in [0.1, 0.15) is 29.8 Å². The number of H-pyrrole nitrogens is 1. The third-order valence-corrected chi connectivity index (χ3v) is 2.70. The summed E-state index contributed by atoms with van der Waals surface area (Å²) in [6, 6.07) is 0. The fourth-order valence-corrected chi connectivity index (χ4v) is 1.52. The molecule has 1 heterocycles. The zero-order valence-electron chi connectivity index (χ0n) is 7.65. The molecule has 0 saturated heterocycles. The van der Waals surface area contributed by atoms with Crippen LogP contribution in [0.3, 0.4) is 0 Å². The molecule has 3 N–H and O–H groups in total. The molecule has 66 valence electrons. The van der Waals surface area contributed by atoms with Crippen LogP contribution in [0.25, 0.3) is 0 Å². The number of rotatable bonds is 2. The van der Waals surface area contributed by atoms with Crippen LogP contribution in [0, 0.1) is 13.8 Å². The van der Waals surface area contributed by atoms with Gasteiger partial charge in [-0.25, -0.2) is 0 Å². The zero-order valence-corrected chi connectivity index (χ0v) is 7.65. The van der Waals surface area contributed by atoms with Gasteiger partial charge in [0.1, 0.15) is 0 Å². The van der Waals surface area contributed by atoms with Crippen molar-refractivity contribution >= 4 is 0 Å². The summed E-state index contributed by atoms with van der Waals surface area (Å²) in [5.74, 6) is 0. The maximum atomic E-state index is 6.03. The normalized spacial score (nSPS) is 19.6. The Balaban J connectivity index is 2.21. The first-order chi connectivity index (χ1) is 5.61. The van der Waals surface area contributed by atoms with Crippen molar-refractivity contribution in [1.82, 2.24) is 10.2 Å². The van der Waals surface area contributed by atoms with Crippen molar-refractivity contribution < 1.29 is 0 Å². The molecule has 2 rings (SSSR count). The molecule has 0 atom stereocenters. The Morgan fingerprint density at radius 2 is 2.17 bits per heavy atom. The van der Waals surface area contributed by atoms with Crippen LogP contribution in [0.2, 0.25) is 0 Å². The van der Waals surface area contributed by atoms with Crippen molar-refractivity contribution in [3.05, 3.63) is 17.0 Å². The summed E-state index contributed by atoms with van der Waals surface area (Å²) >= 11 is 0. The lowest BCUT2D eigenvalue weighted by Crippen LogP contribution is -2.25. The van der Waals surface area contributed by atoms with Crippen LogP contribution in [0.4, 0.5) is 0 Å². The van der Waals surface area contributed by atoms with Gasteiger partial charge in [-0.15, -0.1) is 0 Å². The van der Waals surface area contributed by atoms with E-state index in [2.05, 4.69) is 17.1 Å². The molecular weight excluding hydrogens is 150 g/mol. The third-order valence-electron chi connectivity index (χ3n) is 2.70. The number of aromatic nitrogens is 2. The molecule has 3 heteroatoms. The molecular formula is C9H15N3. The Labute approximate surface area is 72.4 Å². The molecule has 3 nitrogen and oxygen atoms in total. The van der Waals surface area contributed by atoms with Gasteiger partial charge in [0.25, 0.3) is 0 Å². The highest BCUT2D eigenvalue weighted by atomic mass is 15.1. The Morgan fingerprint density at radius 3 is 2.58 bits per heavy atom. The largest absolute Gasteiger partial charge is 0.325 e. The van der Waals surface area contributed by atoms with Gasteiger partial charge in [0.15, 0.2) is 0 Å². The Bertz CT molecular complexity index is 277. The predicted octanol–water partition coefficient (Wildman–Crippen LogP) is 1.06. The summed E-state index contributed by atoms with van der Waals surface area (Å²) in [5.41, 5.74) is 9.72. The lowest BCUT2D eigenvalue weighted by Gasteiger charge is -2.07. The second-order valence-corrected chi connectivity index (χ2v) is 3.95. The number of nitrogens with two attached hydrogens (primary N) is 1. The Kier molecular flexibility index (Phi) is 1.51. The van der Waals surface area contributed by atoms with Gasteiger partial charge in [-0.2, -0.15) is 5.10 Å². The van der Waals surface area contributed by atoms with E-state index < -0.39 is 0 Å². The van der Waals surface area contributed by atoms with Crippen molar-refractivity contribution in [2.24, 2.45) is 5.73 Å². The summed E-state index contributed by atoms with van der Waals surface area (Å²) in [6.07, 6.45) is 3.31. The standard InChI is InChI=1S/C9H15N3/c1-6-8(7(2)12-11-6)5-9(10)3-4-9/h3-5,10H2,1-2H3,(H,11,12). The first kappa shape index (κ1) is 7.80. The summed E-state index contributed by atoms with van der Waals surface area (Å²) in [6.45, 7) is 4.09. The monoisotopic (exact) mass is 165 g/mol. The quantitative estimate of drug-likeness (QED) is 0.688. The van der Waals surface area contributed by atoms with E-state index in [-0.39, 0.29) is 5.54 Å². The van der Waals surface area contributed by atoms with E-state index in [9.17, 15) is 0 Å². The number of nitrogens with one attached hydrogen (secondary N) is 1. The molecule has 0 aromatic carbocycles. The third kappa shape index (κ3) is 1.25. The Morgan fingerprint density at radius 1 is 1.50 bits per heavy atom. The van der Waals surface area contributed by atoms with Crippen molar-refractivity contribution in [2.75, 3.05) is 0 Å². The molecule has 0 amide bonds. The number of hydrogen-bond donors (Lipinski definition) is 2. The average molecular weight is 165 g/mol. The summed E-state index contributed by atoms with van der Waals surface area (Å²) in [5, 5.41) is 7.13. The molecule has 0 bridgehead atoms. The maximum Gasteiger partial charge on any atom is 0.0626 e. The van der Waals surface area contributed by atoms with E-state index in [0.29, 0.717) is 0 Å². The number of hydrogen-bond acceptors (Lipinski definition) is 2. The molecule has 0 radical (unpaired) electrons. The minimum atomic E-state index is 0.0966. The molecule has 0 spiro atoms. The number of nitrogens with zero attached hydrogens (tertiary/aromatic N) is 1. The second kappa shape index (κ2) is 2.33.